The number of anilines is 1. The summed E-state index contributed by atoms with van der Waals surface area (Å²) in [6.45, 7) is 0.0875. The number of nitrogens with zero attached hydrogens (tertiary/aromatic N) is 2. The number of benzodiazepines with no additional fused rings is 1. The summed E-state index contributed by atoms with van der Waals surface area (Å²) in [5.41, 5.74) is 2.72. The molecule has 0 radical (unpaired) electrons. The van der Waals surface area contributed by atoms with Crippen LogP contribution in [0.15, 0.2) is 47.5 Å². The SMILES string of the molecule is COc1ccc(C2=NCC(=N)N(O)c3ccc(Cl)cc32)cc1. The van der Waals surface area contributed by atoms with Crippen LogP contribution in [-0.2, 0) is 0 Å². The van der Waals surface area contributed by atoms with Crippen LogP contribution in [0.4, 0.5) is 5.69 Å². The van der Waals surface area contributed by atoms with Crippen LogP contribution in [0.5, 0.6) is 5.75 Å². The standard InChI is InChI=1S/C16H14ClN3O2/c1-22-12-5-2-10(3-6-12)16-13-8-11(17)4-7-14(13)20(21)15(18)9-19-16/h2-8,18,21H,9H2,1H3. The third-order valence-electron chi connectivity index (χ3n) is 3.45. The molecule has 2 aromatic rings. The number of aliphatic imine (C=N–C) groups is 1. The van der Waals surface area contributed by atoms with E-state index in [0.717, 1.165) is 16.4 Å². The summed E-state index contributed by atoms with van der Waals surface area (Å²) in [4.78, 5) is 4.45. The maximum absolute atomic E-state index is 10.1. The molecule has 1 heterocycles. The molecule has 3 rings (SSSR count). The molecule has 0 fully saturated rings. The largest absolute Gasteiger partial charge is 0.497 e. The van der Waals surface area contributed by atoms with Gasteiger partial charge in [0, 0.05) is 16.1 Å². The molecular formula is C16H14ClN3O2. The van der Waals surface area contributed by atoms with Gasteiger partial charge in [-0.2, -0.15) is 0 Å². The van der Waals surface area contributed by atoms with Crippen molar-refractivity contribution < 1.29 is 9.94 Å². The number of halogens is 1. The molecule has 2 N–H and O–H groups in total. The van der Waals surface area contributed by atoms with Crippen LogP contribution in [0.25, 0.3) is 0 Å². The average molecular weight is 316 g/mol. The van der Waals surface area contributed by atoms with Crippen LogP contribution in [0.1, 0.15) is 11.1 Å². The Balaban J connectivity index is 2.15. The fourth-order valence-corrected chi connectivity index (χ4v) is 2.50. The Bertz CT molecular complexity index is 756. The highest BCUT2D eigenvalue weighted by Gasteiger charge is 2.22. The van der Waals surface area contributed by atoms with Gasteiger partial charge in [0.05, 0.1) is 25.1 Å². The zero-order valence-electron chi connectivity index (χ0n) is 11.9. The Morgan fingerprint density at radius 2 is 1.95 bits per heavy atom. The van der Waals surface area contributed by atoms with Crippen molar-refractivity contribution in [2.24, 2.45) is 4.99 Å². The molecule has 0 spiro atoms. The number of hydrogen-bond acceptors (Lipinski definition) is 4. The Kier molecular flexibility index (Phi) is 3.83. The number of nitrogens with one attached hydrogen (secondary N) is 1. The summed E-state index contributed by atoms with van der Waals surface area (Å²) in [7, 11) is 1.61. The normalized spacial score (nSPS) is 14.2. The van der Waals surface area contributed by atoms with E-state index in [1.807, 2.05) is 24.3 Å². The van der Waals surface area contributed by atoms with Crippen molar-refractivity contribution in [3.63, 3.8) is 0 Å². The number of fused-ring (bicyclic) bond motifs is 1. The van der Waals surface area contributed by atoms with Crippen molar-refractivity contribution in [1.29, 1.82) is 5.41 Å². The van der Waals surface area contributed by atoms with E-state index in [-0.39, 0.29) is 12.4 Å². The Hall–Kier alpha value is -2.37. The average Bonchev–Trinajstić information content (AvgIpc) is 2.65. The van der Waals surface area contributed by atoms with E-state index in [1.165, 1.54) is 0 Å². The number of benzene rings is 2. The first-order valence-corrected chi connectivity index (χ1v) is 7.03. The Labute approximate surface area is 132 Å². The molecule has 0 amide bonds. The minimum absolute atomic E-state index is 0.00656. The highest BCUT2D eigenvalue weighted by atomic mass is 35.5. The van der Waals surface area contributed by atoms with E-state index in [9.17, 15) is 5.21 Å². The van der Waals surface area contributed by atoms with Crippen molar-refractivity contribution in [2.75, 3.05) is 18.7 Å². The molecule has 22 heavy (non-hydrogen) atoms. The third kappa shape index (κ3) is 2.56. The van der Waals surface area contributed by atoms with Gasteiger partial charge in [-0.3, -0.25) is 15.6 Å². The second kappa shape index (κ2) is 5.79. The predicted molar refractivity (Wildman–Crippen MR) is 86.9 cm³/mol. The summed E-state index contributed by atoms with van der Waals surface area (Å²) >= 11 is 6.09. The lowest BCUT2D eigenvalue weighted by atomic mass is 10.0. The molecule has 5 nitrogen and oxygen atoms in total. The number of hydrogen-bond donors (Lipinski definition) is 2. The molecular weight excluding hydrogens is 302 g/mol. The van der Waals surface area contributed by atoms with Gasteiger partial charge in [0.15, 0.2) is 0 Å². The number of rotatable bonds is 2. The fraction of sp³-hybridized carbons (Fsp3) is 0.125. The monoisotopic (exact) mass is 315 g/mol. The lowest BCUT2D eigenvalue weighted by molar-refractivity contribution is 0.310. The molecule has 6 heteroatoms. The van der Waals surface area contributed by atoms with Crippen LogP contribution in [0, 0.1) is 5.41 Å². The molecule has 0 saturated heterocycles. The number of ether oxygens (including phenoxy) is 1. The van der Waals surface area contributed by atoms with Crippen LogP contribution in [0.2, 0.25) is 5.02 Å². The molecule has 112 valence electrons. The smallest absolute Gasteiger partial charge is 0.148 e. The van der Waals surface area contributed by atoms with E-state index in [1.54, 1.807) is 25.3 Å². The van der Waals surface area contributed by atoms with Crippen molar-refractivity contribution in [3.05, 3.63) is 58.6 Å². The van der Waals surface area contributed by atoms with E-state index >= 15 is 0 Å². The van der Waals surface area contributed by atoms with Crippen LogP contribution >= 0.6 is 11.6 Å². The minimum Gasteiger partial charge on any atom is -0.497 e. The molecule has 0 aliphatic carbocycles. The van der Waals surface area contributed by atoms with E-state index in [4.69, 9.17) is 21.7 Å². The minimum atomic E-state index is 0.00656. The van der Waals surface area contributed by atoms with Crippen LogP contribution < -0.4 is 9.80 Å². The first-order chi connectivity index (χ1) is 10.6. The second-order valence-corrected chi connectivity index (χ2v) is 5.25. The van der Waals surface area contributed by atoms with Gasteiger partial charge in [-0.15, -0.1) is 0 Å². The summed E-state index contributed by atoms with van der Waals surface area (Å²) in [5.74, 6) is 0.757. The van der Waals surface area contributed by atoms with Gasteiger partial charge in [-0.25, -0.2) is 5.06 Å². The molecule has 1 aliphatic rings. The predicted octanol–water partition coefficient (Wildman–Crippen LogP) is 3.37. The van der Waals surface area contributed by atoms with Crippen LogP contribution in [-0.4, -0.2) is 30.4 Å². The van der Waals surface area contributed by atoms with Crippen molar-refractivity contribution in [3.8, 4) is 5.75 Å². The second-order valence-electron chi connectivity index (χ2n) is 4.81. The maximum Gasteiger partial charge on any atom is 0.148 e. The summed E-state index contributed by atoms with van der Waals surface area (Å²) < 4.78 is 5.16. The third-order valence-corrected chi connectivity index (χ3v) is 3.68. The first-order valence-electron chi connectivity index (χ1n) is 6.65. The molecule has 0 atom stereocenters. The quantitative estimate of drug-likeness (QED) is 0.892. The summed E-state index contributed by atoms with van der Waals surface area (Å²) in [6.07, 6.45) is 0. The van der Waals surface area contributed by atoms with Gasteiger partial charge < -0.3 is 4.74 Å². The lowest BCUT2D eigenvalue weighted by Gasteiger charge is -2.17. The van der Waals surface area contributed by atoms with Crippen molar-refractivity contribution in [1.82, 2.24) is 0 Å². The highest BCUT2D eigenvalue weighted by Crippen LogP contribution is 2.29. The van der Waals surface area contributed by atoms with E-state index < -0.39 is 0 Å². The van der Waals surface area contributed by atoms with Crippen molar-refractivity contribution in [2.45, 2.75) is 0 Å². The zero-order valence-corrected chi connectivity index (χ0v) is 12.6. The van der Waals surface area contributed by atoms with E-state index in [0.29, 0.717) is 22.0 Å². The van der Waals surface area contributed by atoms with Gasteiger partial charge in [-0.05, 0) is 42.5 Å². The number of amidine groups is 1. The molecule has 2 aromatic carbocycles. The highest BCUT2D eigenvalue weighted by molar-refractivity contribution is 6.32. The summed E-state index contributed by atoms with van der Waals surface area (Å²) in [6, 6.07) is 12.5. The Morgan fingerprint density at radius 3 is 2.64 bits per heavy atom. The van der Waals surface area contributed by atoms with E-state index in [2.05, 4.69) is 4.99 Å². The molecule has 0 bridgehead atoms. The molecule has 0 saturated carbocycles. The van der Waals surface area contributed by atoms with Crippen molar-refractivity contribution >= 4 is 28.8 Å². The van der Waals surface area contributed by atoms with Gasteiger partial charge >= 0.3 is 0 Å². The van der Waals surface area contributed by atoms with Gasteiger partial charge in [-0.1, -0.05) is 11.6 Å². The number of hydroxylamine groups is 1. The molecule has 0 aromatic heterocycles. The van der Waals surface area contributed by atoms with Gasteiger partial charge in [0.1, 0.15) is 11.6 Å². The Morgan fingerprint density at radius 1 is 1.23 bits per heavy atom. The van der Waals surface area contributed by atoms with Gasteiger partial charge in [0.25, 0.3) is 0 Å². The van der Waals surface area contributed by atoms with Crippen LogP contribution in [0.3, 0.4) is 0 Å². The molecule has 0 unspecified atom stereocenters. The first kappa shape index (κ1) is 14.6. The van der Waals surface area contributed by atoms with Gasteiger partial charge in [0.2, 0.25) is 0 Å². The molecule has 1 aliphatic heterocycles. The lowest BCUT2D eigenvalue weighted by Crippen LogP contribution is -2.27. The maximum atomic E-state index is 10.1. The summed E-state index contributed by atoms with van der Waals surface area (Å²) in [5, 5.41) is 19.4. The fourth-order valence-electron chi connectivity index (χ4n) is 2.33. The topological polar surface area (TPSA) is 68.9 Å². The number of methoxy groups -OCH3 is 1. The zero-order chi connectivity index (χ0) is 15.7.